The Kier molecular flexibility index (Phi) is 2.36. The molecule has 0 bridgehead atoms. The maximum absolute atomic E-state index is 4.76. The lowest BCUT2D eigenvalue weighted by Crippen LogP contribution is -1.81. The van der Waals surface area contributed by atoms with Crippen LogP contribution in [-0.4, -0.2) is 9.38 Å². The van der Waals surface area contributed by atoms with E-state index in [1.807, 2.05) is 0 Å². The first-order chi connectivity index (χ1) is 9.81. The van der Waals surface area contributed by atoms with Crippen LogP contribution in [-0.2, 0) is 0 Å². The minimum atomic E-state index is 0.993. The molecule has 0 unspecified atom stereocenters. The van der Waals surface area contributed by atoms with Crippen LogP contribution in [0.5, 0.6) is 0 Å². The summed E-state index contributed by atoms with van der Waals surface area (Å²) in [5.41, 5.74) is 4.43. The fourth-order valence-electron chi connectivity index (χ4n) is 2.66. The Morgan fingerprint density at radius 1 is 0.950 bits per heavy atom. The van der Waals surface area contributed by atoms with Gasteiger partial charge in [-0.1, -0.05) is 42.5 Å². The summed E-state index contributed by atoms with van der Waals surface area (Å²) in [6.07, 6.45) is 4.16. The second-order valence-corrected chi connectivity index (χ2v) is 5.12. The van der Waals surface area contributed by atoms with Crippen molar-refractivity contribution in [3.63, 3.8) is 0 Å². The van der Waals surface area contributed by atoms with Gasteiger partial charge in [-0.3, -0.25) is 0 Å². The Bertz CT molecular complexity index is 914. The zero-order valence-electron chi connectivity index (χ0n) is 11.2. The third-order valence-corrected chi connectivity index (χ3v) is 3.68. The van der Waals surface area contributed by atoms with E-state index in [4.69, 9.17) is 4.98 Å². The zero-order chi connectivity index (χ0) is 13.5. The standard InChI is InChI=1S/C18H14N2/c1-13-9-10-20-12-17(19-18(20)11-13)16-8-4-6-14-5-2-3-7-15(14)16/h2-12H,1H3. The Balaban J connectivity index is 2.01. The van der Waals surface area contributed by atoms with Crippen LogP contribution in [0.3, 0.4) is 0 Å². The minimum Gasteiger partial charge on any atom is -0.306 e. The molecule has 2 heteroatoms. The molecule has 96 valence electrons. The Hall–Kier alpha value is -2.61. The fraction of sp³-hybridized carbons (Fsp3) is 0.0556. The van der Waals surface area contributed by atoms with Gasteiger partial charge in [-0.05, 0) is 35.4 Å². The highest BCUT2D eigenvalue weighted by Crippen LogP contribution is 2.28. The molecular weight excluding hydrogens is 244 g/mol. The highest BCUT2D eigenvalue weighted by Gasteiger charge is 2.07. The van der Waals surface area contributed by atoms with Gasteiger partial charge in [-0.2, -0.15) is 0 Å². The highest BCUT2D eigenvalue weighted by molar-refractivity contribution is 5.95. The molecule has 0 amide bonds. The number of imidazole rings is 1. The third kappa shape index (κ3) is 1.69. The molecule has 0 atom stereocenters. The van der Waals surface area contributed by atoms with Crippen molar-refractivity contribution >= 4 is 16.4 Å². The zero-order valence-corrected chi connectivity index (χ0v) is 11.2. The molecule has 0 aliphatic rings. The van der Waals surface area contributed by atoms with Crippen LogP contribution in [0, 0.1) is 6.92 Å². The normalized spacial score (nSPS) is 11.2. The number of aromatic nitrogens is 2. The van der Waals surface area contributed by atoms with Gasteiger partial charge in [0.25, 0.3) is 0 Å². The maximum Gasteiger partial charge on any atom is 0.137 e. The second-order valence-electron chi connectivity index (χ2n) is 5.12. The maximum atomic E-state index is 4.76. The number of fused-ring (bicyclic) bond motifs is 2. The number of nitrogens with zero attached hydrogens (tertiary/aromatic N) is 2. The van der Waals surface area contributed by atoms with Crippen molar-refractivity contribution in [1.82, 2.24) is 9.38 Å². The van der Waals surface area contributed by atoms with E-state index in [1.54, 1.807) is 0 Å². The van der Waals surface area contributed by atoms with Crippen LogP contribution in [0.4, 0.5) is 0 Å². The van der Waals surface area contributed by atoms with Gasteiger partial charge in [0.05, 0.1) is 5.69 Å². The predicted molar refractivity (Wildman–Crippen MR) is 82.9 cm³/mol. The monoisotopic (exact) mass is 258 g/mol. The van der Waals surface area contributed by atoms with E-state index in [2.05, 4.69) is 78.3 Å². The summed E-state index contributed by atoms with van der Waals surface area (Å²) in [4.78, 5) is 4.76. The van der Waals surface area contributed by atoms with Gasteiger partial charge in [0.15, 0.2) is 0 Å². The van der Waals surface area contributed by atoms with E-state index in [1.165, 1.54) is 21.9 Å². The first-order valence-corrected chi connectivity index (χ1v) is 6.75. The summed E-state index contributed by atoms with van der Waals surface area (Å²) in [6, 6.07) is 19.0. The van der Waals surface area contributed by atoms with Gasteiger partial charge in [-0.25, -0.2) is 4.98 Å². The van der Waals surface area contributed by atoms with Gasteiger partial charge >= 0.3 is 0 Å². The molecular formula is C18H14N2. The van der Waals surface area contributed by atoms with Crippen LogP contribution in [0.15, 0.2) is 67.0 Å². The molecule has 2 aromatic carbocycles. The number of hydrogen-bond donors (Lipinski definition) is 0. The minimum absolute atomic E-state index is 0.993. The van der Waals surface area contributed by atoms with Gasteiger partial charge in [0.2, 0.25) is 0 Å². The lowest BCUT2D eigenvalue weighted by Gasteiger charge is -2.02. The molecule has 0 N–H and O–H groups in total. The molecule has 4 rings (SSSR count). The highest BCUT2D eigenvalue weighted by atomic mass is 15.0. The van der Waals surface area contributed by atoms with Gasteiger partial charge in [0, 0.05) is 18.0 Å². The van der Waals surface area contributed by atoms with Crippen molar-refractivity contribution in [3.8, 4) is 11.3 Å². The third-order valence-electron chi connectivity index (χ3n) is 3.68. The molecule has 2 heterocycles. The summed E-state index contributed by atoms with van der Waals surface area (Å²) < 4.78 is 2.07. The fourth-order valence-corrected chi connectivity index (χ4v) is 2.66. The van der Waals surface area contributed by atoms with Crippen molar-refractivity contribution in [2.75, 3.05) is 0 Å². The molecule has 4 aromatic rings. The van der Waals surface area contributed by atoms with E-state index in [9.17, 15) is 0 Å². The Morgan fingerprint density at radius 2 is 1.80 bits per heavy atom. The number of hydrogen-bond acceptors (Lipinski definition) is 1. The number of pyridine rings is 1. The second kappa shape index (κ2) is 4.20. The molecule has 0 saturated heterocycles. The van der Waals surface area contributed by atoms with E-state index in [0.717, 1.165) is 11.3 Å². The van der Waals surface area contributed by atoms with E-state index < -0.39 is 0 Å². The summed E-state index contributed by atoms with van der Waals surface area (Å²) in [6.45, 7) is 2.09. The van der Waals surface area contributed by atoms with Gasteiger partial charge < -0.3 is 4.40 Å². The molecule has 2 nitrogen and oxygen atoms in total. The summed E-state index contributed by atoms with van der Waals surface area (Å²) >= 11 is 0. The van der Waals surface area contributed by atoms with E-state index >= 15 is 0 Å². The van der Waals surface area contributed by atoms with Crippen molar-refractivity contribution in [3.05, 3.63) is 72.6 Å². The van der Waals surface area contributed by atoms with Gasteiger partial charge in [-0.15, -0.1) is 0 Å². The first-order valence-electron chi connectivity index (χ1n) is 6.75. The smallest absolute Gasteiger partial charge is 0.137 e. The number of rotatable bonds is 1. The molecule has 0 radical (unpaired) electrons. The summed E-state index contributed by atoms with van der Waals surface area (Å²) in [5, 5.41) is 2.49. The lowest BCUT2D eigenvalue weighted by atomic mass is 10.0. The quantitative estimate of drug-likeness (QED) is 0.492. The van der Waals surface area contributed by atoms with E-state index in [0.29, 0.717) is 0 Å². The molecule has 2 aromatic heterocycles. The molecule has 0 aliphatic heterocycles. The Labute approximate surface area is 117 Å². The number of aryl methyl sites for hydroxylation is 1. The van der Waals surface area contributed by atoms with Crippen molar-refractivity contribution in [1.29, 1.82) is 0 Å². The molecule has 0 spiro atoms. The van der Waals surface area contributed by atoms with Crippen LogP contribution in [0.1, 0.15) is 5.56 Å². The summed E-state index contributed by atoms with van der Waals surface area (Å²) in [7, 11) is 0. The van der Waals surface area contributed by atoms with Crippen molar-refractivity contribution in [2.45, 2.75) is 6.92 Å². The average molecular weight is 258 g/mol. The van der Waals surface area contributed by atoms with Gasteiger partial charge in [0.1, 0.15) is 5.65 Å². The van der Waals surface area contributed by atoms with Crippen molar-refractivity contribution in [2.24, 2.45) is 0 Å². The summed E-state index contributed by atoms with van der Waals surface area (Å²) in [5.74, 6) is 0. The van der Waals surface area contributed by atoms with Crippen molar-refractivity contribution < 1.29 is 0 Å². The Morgan fingerprint density at radius 3 is 2.75 bits per heavy atom. The number of benzene rings is 2. The first kappa shape index (κ1) is 11.2. The molecule has 0 aliphatic carbocycles. The van der Waals surface area contributed by atoms with E-state index in [-0.39, 0.29) is 0 Å². The molecule has 20 heavy (non-hydrogen) atoms. The lowest BCUT2D eigenvalue weighted by molar-refractivity contribution is 1.17. The molecule has 0 fully saturated rings. The topological polar surface area (TPSA) is 17.3 Å². The van der Waals surface area contributed by atoms with Crippen LogP contribution < -0.4 is 0 Å². The predicted octanol–water partition coefficient (Wildman–Crippen LogP) is 4.46. The van der Waals surface area contributed by atoms with Crippen LogP contribution >= 0.6 is 0 Å². The largest absolute Gasteiger partial charge is 0.306 e. The van der Waals surface area contributed by atoms with Crippen LogP contribution in [0.2, 0.25) is 0 Å². The molecule has 0 saturated carbocycles. The SMILES string of the molecule is Cc1ccn2cc(-c3cccc4ccccc34)nc2c1. The van der Waals surface area contributed by atoms with Crippen LogP contribution in [0.25, 0.3) is 27.7 Å². The average Bonchev–Trinajstić information content (AvgIpc) is 2.89.